The number of rotatable bonds is 6. The molecule has 0 bridgehead atoms. The number of methoxy groups -OCH3 is 1. The number of benzene rings is 2. The molecule has 3 nitrogen and oxygen atoms in total. The Morgan fingerprint density at radius 2 is 1.85 bits per heavy atom. The molecule has 0 unspecified atom stereocenters. The van der Waals surface area contributed by atoms with E-state index in [-0.39, 0.29) is 12.4 Å². The zero-order valence-electron chi connectivity index (χ0n) is 11.7. The van der Waals surface area contributed by atoms with Crippen LogP contribution < -0.4 is 14.8 Å². The molecule has 0 aliphatic heterocycles. The van der Waals surface area contributed by atoms with Crippen LogP contribution in [0.5, 0.6) is 11.5 Å². The van der Waals surface area contributed by atoms with E-state index < -0.39 is 0 Å². The molecular formula is C16H18FNO2. The Bertz CT molecular complexity index is 555. The van der Waals surface area contributed by atoms with Gasteiger partial charge < -0.3 is 14.8 Å². The van der Waals surface area contributed by atoms with E-state index in [1.54, 1.807) is 13.2 Å². The molecule has 4 heteroatoms. The Morgan fingerprint density at radius 1 is 1.10 bits per heavy atom. The smallest absolute Gasteiger partial charge is 0.125 e. The van der Waals surface area contributed by atoms with Crippen molar-refractivity contribution in [2.75, 3.05) is 14.2 Å². The second-order valence-corrected chi connectivity index (χ2v) is 4.42. The zero-order valence-corrected chi connectivity index (χ0v) is 11.7. The fraction of sp³-hybridized carbons (Fsp3) is 0.250. The summed E-state index contributed by atoms with van der Waals surface area (Å²) in [6.07, 6.45) is 0. The van der Waals surface area contributed by atoms with Crippen molar-refractivity contribution in [2.45, 2.75) is 13.2 Å². The summed E-state index contributed by atoms with van der Waals surface area (Å²) in [6.45, 7) is 1.09. The lowest BCUT2D eigenvalue weighted by atomic mass is 10.2. The van der Waals surface area contributed by atoms with E-state index >= 15 is 0 Å². The van der Waals surface area contributed by atoms with Crippen LogP contribution in [-0.2, 0) is 13.2 Å². The molecule has 2 aromatic rings. The van der Waals surface area contributed by atoms with Gasteiger partial charge in [0, 0.05) is 12.1 Å². The van der Waals surface area contributed by atoms with Gasteiger partial charge in [-0.05, 0) is 42.9 Å². The van der Waals surface area contributed by atoms with Gasteiger partial charge in [-0.15, -0.1) is 0 Å². The van der Waals surface area contributed by atoms with Crippen molar-refractivity contribution in [1.29, 1.82) is 0 Å². The monoisotopic (exact) mass is 275 g/mol. The Morgan fingerprint density at radius 3 is 2.50 bits per heavy atom. The van der Waals surface area contributed by atoms with Crippen LogP contribution in [0.3, 0.4) is 0 Å². The lowest BCUT2D eigenvalue weighted by Gasteiger charge is -2.11. The summed E-state index contributed by atoms with van der Waals surface area (Å²) in [5.74, 6) is 1.07. The molecule has 106 valence electrons. The van der Waals surface area contributed by atoms with Gasteiger partial charge in [0.05, 0.1) is 7.11 Å². The van der Waals surface area contributed by atoms with Crippen molar-refractivity contribution in [3.8, 4) is 11.5 Å². The fourth-order valence-electron chi connectivity index (χ4n) is 1.93. The van der Waals surface area contributed by atoms with E-state index in [4.69, 9.17) is 9.47 Å². The molecule has 20 heavy (non-hydrogen) atoms. The van der Waals surface area contributed by atoms with Crippen LogP contribution in [0, 0.1) is 5.82 Å². The third kappa shape index (κ3) is 3.71. The molecule has 0 saturated carbocycles. The minimum atomic E-state index is -0.297. The highest BCUT2D eigenvalue weighted by atomic mass is 19.1. The van der Waals surface area contributed by atoms with E-state index in [9.17, 15) is 4.39 Å². The number of nitrogens with one attached hydrogen (secondary N) is 1. The van der Waals surface area contributed by atoms with Crippen molar-refractivity contribution in [3.05, 3.63) is 59.4 Å². The predicted molar refractivity (Wildman–Crippen MR) is 76.5 cm³/mol. The minimum Gasteiger partial charge on any atom is -0.496 e. The highest BCUT2D eigenvalue weighted by Gasteiger charge is 2.05. The van der Waals surface area contributed by atoms with Crippen molar-refractivity contribution < 1.29 is 13.9 Å². The molecule has 0 fully saturated rings. The normalized spacial score (nSPS) is 10.3. The van der Waals surface area contributed by atoms with Crippen LogP contribution in [0.2, 0.25) is 0 Å². The topological polar surface area (TPSA) is 30.5 Å². The molecule has 1 N–H and O–H groups in total. The maximum Gasteiger partial charge on any atom is 0.125 e. The Labute approximate surface area is 118 Å². The summed E-state index contributed by atoms with van der Waals surface area (Å²) in [5.41, 5.74) is 1.87. The van der Waals surface area contributed by atoms with Gasteiger partial charge in [0.1, 0.15) is 23.9 Å². The van der Waals surface area contributed by atoms with Gasteiger partial charge in [-0.2, -0.15) is 0 Å². The number of halogens is 1. The van der Waals surface area contributed by atoms with E-state index in [1.807, 2.05) is 31.3 Å². The first-order valence-electron chi connectivity index (χ1n) is 6.41. The van der Waals surface area contributed by atoms with Crippen molar-refractivity contribution in [2.24, 2.45) is 0 Å². The second-order valence-electron chi connectivity index (χ2n) is 4.42. The Hall–Kier alpha value is -2.07. The van der Waals surface area contributed by atoms with Crippen LogP contribution >= 0.6 is 0 Å². The number of ether oxygens (including phenoxy) is 2. The lowest BCUT2D eigenvalue weighted by Crippen LogP contribution is -2.04. The summed E-state index contributed by atoms with van der Waals surface area (Å²) in [6, 6.07) is 12.2. The van der Waals surface area contributed by atoms with Gasteiger partial charge in [0.2, 0.25) is 0 Å². The summed E-state index contributed by atoms with van der Waals surface area (Å²) < 4.78 is 24.1. The van der Waals surface area contributed by atoms with Gasteiger partial charge >= 0.3 is 0 Å². The van der Waals surface area contributed by atoms with Crippen molar-refractivity contribution in [1.82, 2.24) is 5.32 Å². The number of hydrogen-bond donors (Lipinski definition) is 1. The molecule has 0 heterocycles. The van der Waals surface area contributed by atoms with Crippen LogP contribution in [0.4, 0.5) is 4.39 Å². The highest BCUT2D eigenvalue weighted by molar-refractivity contribution is 5.34. The molecule has 0 amide bonds. The summed E-state index contributed by atoms with van der Waals surface area (Å²) in [4.78, 5) is 0. The van der Waals surface area contributed by atoms with E-state index in [2.05, 4.69) is 5.32 Å². The molecule has 0 aliphatic rings. The Balaban J connectivity index is 2.02. The van der Waals surface area contributed by atoms with Crippen molar-refractivity contribution in [3.63, 3.8) is 0 Å². The van der Waals surface area contributed by atoms with Crippen LogP contribution in [0.15, 0.2) is 42.5 Å². The molecule has 2 aromatic carbocycles. The quantitative estimate of drug-likeness (QED) is 0.878. The summed E-state index contributed by atoms with van der Waals surface area (Å²) in [5, 5.41) is 3.08. The van der Waals surface area contributed by atoms with Gasteiger partial charge in [-0.25, -0.2) is 4.39 Å². The average Bonchev–Trinajstić information content (AvgIpc) is 2.47. The first-order chi connectivity index (χ1) is 9.72. The number of hydrogen-bond acceptors (Lipinski definition) is 3. The molecule has 2 rings (SSSR count). The fourth-order valence-corrected chi connectivity index (χ4v) is 1.93. The molecule has 0 saturated heterocycles. The summed E-state index contributed by atoms with van der Waals surface area (Å²) in [7, 11) is 3.46. The maximum atomic E-state index is 13.2. The molecular weight excluding hydrogens is 257 g/mol. The maximum absolute atomic E-state index is 13.2. The molecule has 0 radical (unpaired) electrons. The van der Waals surface area contributed by atoms with Crippen LogP contribution in [0.1, 0.15) is 11.1 Å². The lowest BCUT2D eigenvalue weighted by molar-refractivity contribution is 0.295. The first kappa shape index (κ1) is 14.3. The van der Waals surface area contributed by atoms with E-state index in [0.717, 1.165) is 12.3 Å². The predicted octanol–water partition coefficient (Wildman–Crippen LogP) is 3.13. The standard InChI is InChI=1S/C16H18FNO2/c1-18-10-12-3-6-15(7-4-12)20-11-13-9-14(17)5-8-16(13)19-2/h3-9,18H,10-11H2,1-2H3. The van der Waals surface area contributed by atoms with Gasteiger partial charge in [-0.1, -0.05) is 12.1 Å². The molecule has 0 aliphatic carbocycles. The van der Waals surface area contributed by atoms with Crippen molar-refractivity contribution >= 4 is 0 Å². The Kier molecular flexibility index (Phi) is 4.96. The van der Waals surface area contributed by atoms with E-state index in [0.29, 0.717) is 11.3 Å². The first-order valence-corrected chi connectivity index (χ1v) is 6.41. The summed E-state index contributed by atoms with van der Waals surface area (Å²) >= 11 is 0. The van der Waals surface area contributed by atoms with Crippen LogP contribution in [-0.4, -0.2) is 14.2 Å². The molecule has 0 spiro atoms. The minimum absolute atomic E-state index is 0.270. The van der Waals surface area contributed by atoms with E-state index in [1.165, 1.54) is 17.7 Å². The van der Waals surface area contributed by atoms with Gasteiger partial charge in [-0.3, -0.25) is 0 Å². The zero-order chi connectivity index (χ0) is 14.4. The highest BCUT2D eigenvalue weighted by Crippen LogP contribution is 2.22. The van der Waals surface area contributed by atoms with Crippen LogP contribution in [0.25, 0.3) is 0 Å². The average molecular weight is 275 g/mol. The second kappa shape index (κ2) is 6.91. The molecule has 0 atom stereocenters. The van der Waals surface area contributed by atoms with Gasteiger partial charge in [0.15, 0.2) is 0 Å². The molecule has 0 aromatic heterocycles. The third-order valence-electron chi connectivity index (χ3n) is 2.94. The largest absolute Gasteiger partial charge is 0.496 e. The van der Waals surface area contributed by atoms with Gasteiger partial charge in [0.25, 0.3) is 0 Å². The third-order valence-corrected chi connectivity index (χ3v) is 2.94. The SMILES string of the molecule is CNCc1ccc(OCc2cc(F)ccc2OC)cc1.